The first kappa shape index (κ1) is 14.3. The molecule has 0 aromatic rings. The van der Waals surface area contributed by atoms with Crippen LogP contribution < -0.4 is 5.32 Å². The summed E-state index contributed by atoms with van der Waals surface area (Å²) in [5, 5.41) is 3.71. The highest BCUT2D eigenvalue weighted by Crippen LogP contribution is 2.16. The molecule has 16 heavy (non-hydrogen) atoms. The zero-order valence-corrected chi connectivity index (χ0v) is 12.1. The molecule has 0 saturated carbocycles. The average Bonchev–Trinajstić information content (AvgIpc) is 2.27. The fraction of sp³-hybridized carbons (Fsp3) is 1.00. The molecule has 2 unspecified atom stereocenters. The van der Waals surface area contributed by atoms with E-state index in [2.05, 4.69) is 37.2 Å². The summed E-state index contributed by atoms with van der Waals surface area (Å²) in [4.78, 5) is 2.71. The van der Waals surface area contributed by atoms with Crippen molar-refractivity contribution in [3.8, 4) is 0 Å². The van der Waals surface area contributed by atoms with Crippen molar-refractivity contribution in [3.05, 3.63) is 0 Å². The second-order valence-corrected chi connectivity index (χ2v) is 6.17. The lowest BCUT2D eigenvalue weighted by Gasteiger charge is -2.42. The Bertz CT molecular complexity index is 185. The number of thioether (sulfide) groups is 1. The number of nitrogens with zero attached hydrogens (tertiary/aromatic N) is 1. The molecule has 0 aliphatic carbocycles. The van der Waals surface area contributed by atoms with E-state index in [0.717, 1.165) is 12.0 Å². The Kier molecular flexibility index (Phi) is 6.78. The van der Waals surface area contributed by atoms with E-state index in [1.54, 1.807) is 0 Å². The molecule has 0 spiro atoms. The molecule has 0 bridgehead atoms. The van der Waals surface area contributed by atoms with Gasteiger partial charge in [-0.15, -0.1) is 0 Å². The second kappa shape index (κ2) is 7.57. The quantitative estimate of drug-likeness (QED) is 0.772. The first-order valence-corrected chi connectivity index (χ1v) is 8.04. The molecule has 1 fully saturated rings. The van der Waals surface area contributed by atoms with Crippen molar-refractivity contribution in [3.63, 3.8) is 0 Å². The summed E-state index contributed by atoms with van der Waals surface area (Å²) in [5.41, 5.74) is 0. The first-order valence-electron chi connectivity index (χ1n) is 6.65. The van der Waals surface area contributed by atoms with E-state index in [1.165, 1.54) is 38.2 Å². The van der Waals surface area contributed by atoms with E-state index < -0.39 is 0 Å². The van der Waals surface area contributed by atoms with Crippen LogP contribution in [0.25, 0.3) is 0 Å². The van der Waals surface area contributed by atoms with E-state index >= 15 is 0 Å². The Hall–Kier alpha value is 0.270. The van der Waals surface area contributed by atoms with Crippen molar-refractivity contribution in [1.82, 2.24) is 10.2 Å². The lowest BCUT2D eigenvalue weighted by molar-refractivity contribution is 0.114. The molecule has 1 aliphatic rings. The van der Waals surface area contributed by atoms with E-state index in [0.29, 0.717) is 6.04 Å². The van der Waals surface area contributed by atoms with Gasteiger partial charge in [0.15, 0.2) is 0 Å². The third-order valence-electron chi connectivity index (χ3n) is 3.57. The van der Waals surface area contributed by atoms with Gasteiger partial charge in [0.05, 0.1) is 0 Å². The van der Waals surface area contributed by atoms with Crippen molar-refractivity contribution in [2.24, 2.45) is 5.92 Å². The van der Waals surface area contributed by atoms with Gasteiger partial charge < -0.3 is 5.32 Å². The van der Waals surface area contributed by atoms with Crippen molar-refractivity contribution >= 4 is 11.8 Å². The van der Waals surface area contributed by atoms with Crippen LogP contribution in [0.15, 0.2) is 0 Å². The van der Waals surface area contributed by atoms with Gasteiger partial charge in [-0.3, -0.25) is 4.90 Å². The van der Waals surface area contributed by atoms with Gasteiger partial charge >= 0.3 is 0 Å². The molecule has 0 radical (unpaired) electrons. The summed E-state index contributed by atoms with van der Waals surface area (Å²) in [6.45, 7) is 10.6. The number of hydrogen-bond donors (Lipinski definition) is 1. The normalized spacial score (nSPS) is 27.6. The van der Waals surface area contributed by atoms with Crippen LogP contribution in [0.4, 0.5) is 0 Å². The lowest BCUT2D eigenvalue weighted by atomic mass is 9.98. The van der Waals surface area contributed by atoms with Crippen LogP contribution >= 0.6 is 11.8 Å². The highest BCUT2D eigenvalue weighted by molar-refractivity contribution is 7.98. The van der Waals surface area contributed by atoms with Gasteiger partial charge in [0.2, 0.25) is 0 Å². The zero-order chi connectivity index (χ0) is 12.0. The summed E-state index contributed by atoms with van der Waals surface area (Å²) in [6, 6.07) is 1.46. The minimum absolute atomic E-state index is 0.690. The van der Waals surface area contributed by atoms with E-state index in [1.807, 2.05) is 11.8 Å². The Balaban J connectivity index is 2.47. The molecule has 2 atom stereocenters. The topological polar surface area (TPSA) is 15.3 Å². The third-order valence-corrected chi connectivity index (χ3v) is 4.16. The zero-order valence-electron chi connectivity index (χ0n) is 11.3. The van der Waals surface area contributed by atoms with Crippen molar-refractivity contribution in [1.29, 1.82) is 0 Å². The van der Waals surface area contributed by atoms with Crippen molar-refractivity contribution in [2.75, 3.05) is 31.6 Å². The molecule has 96 valence electrons. The number of hydrogen-bond acceptors (Lipinski definition) is 3. The Morgan fingerprint density at radius 1 is 1.44 bits per heavy atom. The molecule has 0 aromatic carbocycles. The fourth-order valence-electron chi connectivity index (χ4n) is 2.43. The monoisotopic (exact) mass is 244 g/mol. The molecule has 1 aliphatic heterocycles. The van der Waals surface area contributed by atoms with Crippen LogP contribution in [-0.2, 0) is 0 Å². The summed E-state index contributed by atoms with van der Waals surface area (Å²) < 4.78 is 0. The van der Waals surface area contributed by atoms with Gasteiger partial charge in [0, 0.05) is 37.5 Å². The van der Waals surface area contributed by atoms with Gasteiger partial charge in [-0.05, 0) is 18.6 Å². The maximum absolute atomic E-state index is 3.71. The van der Waals surface area contributed by atoms with E-state index in [4.69, 9.17) is 0 Å². The maximum Gasteiger partial charge on any atom is 0.0221 e. The molecular formula is C13H28N2S. The summed E-state index contributed by atoms with van der Waals surface area (Å²) >= 11 is 1.96. The minimum Gasteiger partial charge on any atom is -0.311 e. The van der Waals surface area contributed by atoms with Gasteiger partial charge in [-0.1, -0.05) is 27.2 Å². The molecule has 1 heterocycles. The first-order chi connectivity index (χ1) is 7.69. The van der Waals surface area contributed by atoms with Crippen molar-refractivity contribution in [2.45, 2.75) is 45.7 Å². The predicted octanol–water partition coefficient (Wildman–Crippen LogP) is 2.45. The SMILES string of the molecule is CCCC1CNC(C(C)C)CN1CCSC. The smallest absolute Gasteiger partial charge is 0.0221 e. The molecule has 3 heteroatoms. The summed E-state index contributed by atoms with van der Waals surface area (Å²) in [5.74, 6) is 2.02. The van der Waals surface area contributed by atoms with Crippen LogP contribution in [0.1, 0.15) is 33.6 Å². The number of piperazine rings is 1. The Labute approximate surface area is 106 Å². The summed E-state index contributed by atoms with van der Waals surface area (Å²) in [7, 11) is 0. The predicted molar refractivity (Wildman–Crippen MR) is 75.3 cm³/mol. The fourth-order valence-corrected chi connectivity index (χ4v) is 2.85. The van der Waals surface area contributed by atoms with Gasteiger partial charge in [-0.25, -0.2) is 0 Å². The Morgan fingerprint density at radius 3 is 2.75 bits per heavy atom. The van der Waals surface area contributed by atoms with E-state index in [-0.39, 0.29) is 0 Å². The molecule has 2 nitrogen and oxygen atoms in total. The van der Waals surface area contributed by atoms with Crippen LogP contribution in [0.5, 0.6) is 0 Å². The average molecular weight is 244 g/mol. The molecule has 0 amide bonds. The number of rotatable bonds is 6. The highest BCUT2D eigenvalue weighted by atomic mass is 32.2. The van der Waals surface area contributed by atoms with E-state index in [9.17, 15) is 0 Å². The van der Waals surface area contributed by atoms with Gasteiger partial charge in [0.1, 0.15) is 0 Å². The second-order valence-electron chi connectivity index (χ2n) is 5.19. The molecule has 1 rings (SSSR count). The van der Waals surface area contributed by atoms with Crippen LogP contribution in [0.3, 0.4) is 0 Å². The largest absolute Gasteiger partial charge is 0.311 e. The third kappa shape index (κ3) is 4.27. The van der Waals surface area contributed by atoms with Crippen LogP contribution in [-0.4, -0.2) is 48.6 Å². The molecule has 0 aromatic heterocycles. The Morgan fingerprint density at radius 2 is 2.19 bits per heavy atom. The maximum atomic E-state index is 3.71. The molecule has 1 saturated heterocycles. The van der Waals surface area contributed by atoms with Crippen molar-refractivity contribution < 1.29 is 0 Å². The molecular weight excluding hydrogens is 216 g/mol. The molecule has 1 N–H and O–H groups in total. The highest BCUT2D eigenvalue weighted by Gasteiger charge is 2.28. The van der Waals surface area contributed by atoms with Crippen LogP contribution in [0.2, 0.25) is 0 Å². The lowest BCUT2D eigenvalue weighted by Crippen LogP contribution is -2.58. The van der Waals surface area contributed by atoms with Gasteiger partial charge in [-0.2, -0.15) is 11.8 Å². The number of nitrogens with one attached hydrogen (secondary N) is 1. The van der Waals surface area contributed by atoms with Crippen LogP contribution in [0, 0.1) is 5.92 Å². The standard InChI is InChI=1S/C13H28N2S/c1-5-6-12-9-14-13(11(2)3)10-15(12)7-8-16-4/h11-14H,5-10H2,1-4H3. The van der Waals surface area contributed by atoms with Gasteiger partial charge in [0.25, 0.3) is 0 Å². The minimum atomic E-state index is 0.690. The summed E-state index contributed by atoms with van der Waals surface area (Å²) in [6.07, 6.45) is 4.84.